The first-order chi connectivity index (χ1) is 11.0. The standard InChI is InChI=1S/C18H19N3O2/c1-11-7-8-13(12(2)9-11)17-20-18(23)14-5-3-4-6-15(14)21(17)10-16(19)22/h3-9,17H,10H2,1-2H3,(H2,19,22)(H,20,23). The molecule has 0 bridgehead atoms. The van der Waals surface area contributed by atoms with E-state index in [0.717, 1.165) is 22.4 Å². The minimum Gasteiger partial charge on any atom is -0.368 e. The van der Waals surface area contributed by atoms with E-state index in [0.29, 0.717) is 5.56 Å². The molecular weight excluding hydrogens is 290 g/mol. The van der Waals surface area contributed by atoms with Crippen molar-refractivity contribution in [2.45, 2.75) is 20.0 Å². The zero-order valence-corrected chi connectivity index (χ0v) is 13.2. The van der Waals surface area contributed by atoms with E-state index in [9.17, 15) is 9.59 Å². The lowest BCUT2D eigenvalue weighted by Crippen LogP contribution is -2.49. The molecule has 1 atom stereocenters. The molecule has 5 nitrogen and oxygen atoms in total. The largest absolute Gasteiger partial charge is 0.368 e. The minimum absolute atomic E-state index is 0.0370. The van der Waals surface area contributed by atoms with Crippen molar-refractivity contribution in [2.75, 3.05) is 11.4 Å². The van der Waals surface area contributed by atoms with Crippen LogP contribution in [0.25, 0.3) is 0 Å². The molecule has 2 aromatic rings. The number of fused-ring (bicyclic) bond motifs is 1. The van der Waals surface area contributed by atoms with Gasteiger partial charge in [-0.15, -0.1) is 0 Å². The first kappa shape index (κ1) is 15.1. The molecule has 1 heterocycles. The van der Waals surface area contributed by atoms with E-state index in [2.05, 4.69) is 11.4 Å². The van der Waals surface area contributed by atoms with Crippen LogP contribution in [0.15, 0.2) is 42.5 Å². The highest BCUT2D eigenvalue weighted by Gasteiger charge is 2.32. The van der Waals surface area contributed by atoms with E-state index in [1.165, 1.54) is 0 Å². The van der Waals surface area contributed by atoms with Crippen LogP contribution in [-0.4, -0.2) is 18.4 Å². The number of para-hydroxylation sites is 1. The summed E-state index contributed by atoms with van der Waals surface area (Å²) in [6.45, 7) is 4.05. The van der Waals surface area contributed by atoms with Crippen molar-refractivity contribution in [2.24, 2.45) is 5.73 Å². The Bertz CT molecular complexity index is 786. The highest BCUT2D eigenvalue weighted by molar-refractivity contribution is 6.02. The summed E-state index contributed by atoms with van der Waals surface area (Å²) >= 11 is 0. The molecule has 3 N–H and O–H groups in total. The molecular formula is C18H19N3O2. The third kappa shape index (κ3) is 2.77. The van der Waals surface area contributed by atoms with Gasteiger partial charge in [0.05, 0.1) is 17.8 Å². The van der Waals surface area contributed by atoms with Crippen LogP contribution in [0.1, 0.15) is 33.2 Å². The van der Waals surface area contributed by atoms with E-state index in [1.807, 2.05) is 43.0 Å². The maximum atomic E-state index is 12.4. The highest BCUT2D eigenvalue weighted by atomic mass is 16.2. The number of anilines is 1. The zero-order chi connectivity index (χ0) is 16.6. The number of rotatable bonds is 3. The Kier molecular flexibility index (Phi) is 3.78. The molecule has 23 heavy (non-hydrogen) atoms. The monoisotopic (exact) mass is 309 g/mol. The van der Waals surface area contributed by atoms with Crippen LogP contribution in [0, 0.1) is 13.8 Å². The van der Waals surface area contributed by atoms with E-state index >= 15 is 0 Å². The fourth-order valence-electron chi connectivity index (χ4n) is 3.06. The predicted molar refractivity (Wildman–Crippen MR) is 89.1 cm³/mol. The zero-order valence-electron chi connectivity index (χ0n) is 13.2. The molecule has 2 amide bonds. The normalized spacial score (nSPS) is 16.7. The first-order valence-corrected chi connectivity index (χ1v) is 7.49. The second-order valence-electron chi connectivity index (χ2n) is 5.85. The molecule has 0 aliphatic carbocycles. The Balaban J connectivity index is 2.12. The molecule has 0 aromatic heterocycles. The molecule has 118 valence electrons. The maximum absolute atomic E-state index is 12.4. The Morgan fingerprint density at radius 2 is 1.96 bits per heavy atom. The van der Waals surface area contributed by atoms with Crippen LogP contribution in [0.2, 0.25) is 0 Å². The maximum Gasteiger partial charge on any atom is 0.255 e. The number of nitrogens with zero attached hydrogens (tertiary/aromatic N) is 1. The van der Waals surface area contributed by atoms with Gasteiger partial charge in [0, 0.05) is 0 Å². The van der Waals surface area contributed by atoms with Gasteiger partial charge in [-0.1, -0.05) is 35.9 Å². The lowest BCUT2D eigenvalue weighted by Gasteiger charge is -2.39. The topological polar surface area (TPSA) is 75.4 Å². The van der Waals surface area contributed by atoms with Crippen LogP contribution in [-0.2, 0) is 4.79 Å². The summed E-state index contributed by atoms with van der Waals surface area (Å²) in [5.74, 6) is -0.586. The van der Waals surface area contributed by atoms with Crippen molar-refractivity contribution in [3.05, 3.63) is 64.7 Å². The molecule has 1 unspecified atom stereocenters. The summed E-state index contributed by atoms with van der Waals surface area (Å²) in [7, 11) is 0. The predicted octanol–water partition coefficient (Wildman–Crippen LogP) is 2.04. The summed E-state index contributed by atoms with van der Waals surface area (Å²) in [6, 6.07) is 13.3. The number of nitrogens with two attached hydrogens (primary N) is 1. The summed E-state index contributed by atoms with van der Waals surface area (Å²) in [5.41, 5.74) is 9.86. The molecule has 0 radical (unpaired) electrons. The number of primary amides is 1. The number of nitrogens with one attached hydrogen (secondary N) is 1. The summed E-state index contributed by atoms with van der Waals surface area (Å²) < 4.78 is 0. The van der Waals surface area contributed by atoms with E-state index < -0.39 is 12.1 Å². The lowest BCUT2D eigenvalue weighted by molar-refractivity contribution is -0.116. The first-order valence-electron chi connectivity index (χ1n) is 7.49. The number of aryl methyl sites for hydroxylation is 2. The summed E-state index contributed by atoms with van der Waals surface area (Å²) in [5, 5.41) is 2.98. The van der Waals surface area contributed by atoms with Gasteiger partial charge >= 0.3 is 0 Å². The summed E-state index contributed by atoms with van der Waals surface area (Å²) in [4.78, 5) is 25.8. The van der Waals surface area contributed by atoms with Crippen LogP contribution in [0.4, 0.5) is 5.69 Å². The molecule has 3 rings (SSSR count). The van der Waals surface area contributed by atoms with E-state index in [1.54, 1.807) is 12.1 Å². The van der Waals surface area contributed by atoms with Gasteiger partial charge in [0.2, 0.25) is 5.91 Å². The Morgan fingerprint density at radius 1 is 1.22 bits per heavy atom. The molecule has 1 aliphatic heterocycles. The number of hydrogen-bond donors (Lipinski definition) is 2. The average molecular weight is 309 g/mol. The second kappa shape index (κ2) is 5.76. The van der Waals surface area contributed by atoms with Crippen molar-refractivity contribution in [3.8, 4) is 0 Å². The smallest absolute Gasteiger partial charge is 0.255 e. The third-order valence-corrected chi connectivity index (χ3v) is 4.08. The second-order valence-corrected chi connectivity index (χ2v) is 5.85. The van der Waals surface area contributed by atoms with Crippen molar-refractivity contribution in [1.82, 2.24) is 5.32 Å². The van der Waals surface area contributed by atoms with Gasteiger partial charge in [-0.05, 0) is 37.1 Å². The van der Waals surface area contributed by atoms with Crippen LogP contribution in [0.5, 0.6) is 0 Å². The van der Waals surface area contributed by atoms with E-state index in [4.69, 9.17) is 5.73 Å². The van der Waals surface area contributed by atoms with Crippen molar-refractivity contribution in [3.63, 3.8) is 0 Å². The average Bonchev–Trinajstić information content (AvgIpc) is 2.50. The fourth-order valence-corrected chi connectivity index (χ4v) is 3.06. The van der Waals surface area contributed by atoms with Crippen LogP contribution < -0.4 is 16.0 Å². The van der Waals surface area contributed by atoms with Gasteiger partial charge in [-0.25, -0.2) is 0 Å². The van der Waals surface area contributed by atoms with Gasteiger partial charge in [0.15, 0.2) is 0 Å². The van der Waals surface area contributed by atoms with Crippen LogP contribution in [0.3, 0.4) is 0 Å². The van der Waals surface area contributed by atoms with Gasteiger partial charge in [0.1, 0.15) is 6.17 Å². The fraction of sp³-hybridized carbons (Fsp3) is 0.222. The Morgan fingerprint density at radius 3 is 2.65 bits per heavy atom. The van der Waals surface area contributed by atoms with Crippen molar-refractivity contribution >= 4 is 17.5 Å². The SMILES string of the molecule is Cc1ccc(C2NC(=O)c3ccccc3N2CC(N)=O)c(C)c1. The molecule has 5 heteroatoms. The quantitative estimate of drug-likeness (QED) is 0.911. The highest BCUT2D eigenvalue weighted by Crippen LogP contribution is 2.33. The Labute approximate surface area is 135 Å². The molecule has 0 fully saturated rings. The molecule has 1 aliphatic rings. The Hall–Kier alpha value is -2.82. The number of carbonyl (C=O) groups excluding carboxylic acids is 2. The van der Waals surface area contributed by atoms with Crippen LogP contribution >= 0.6 is 0 Å². The van der Waals surface area contributed by atoms with Crippen molar-refractivity contribution < 1.29 is 9.59 Å². The molecule has 0 saturated heterocycles. The molecule has 0 spiro atoms. The molecule has 0 saturated carbocycles. The number of amides is 2. The number of benzene rings is 2. The van der Waals surface area contributed by atoms with E-state index in [-0.39, 0.29) is 12.5 Å². The summed E-state index contributed by atoms with van der Waals surface area (Å²) in [6.07, 6.45) is -0.412. The van der Waals surface area contributed by atoms with Crippen molar-refractivity contribution in [1.29, 1.82) is 0 Å². The van der Waals surface area contributed by atoms with Gasteiger partial charge in [-0.2, -0.15) is 0 Å². The van der Waals surface area contributed by atoms with Gasteiger partial charge < -0.3 is 16.0 Å². The minimum atomic E-state index is -0.439. The van der Waals surface area contributed by atoms with Gasteiger partial charge in [0.25, 0.3) is 5.91 Å². The van der Waals surface area contributed by atoms with Gasteiger partial charge in [-0.3, -0.25) is 9.59 Å². The third-order valence-electron chi connectivity index (χ3n) is 4.08. The molecule has 2 aromatic carbocycles. The number of carbonyl (C=O) groups is 2. The lowest BCUT2D eigenvalue weighted by atomic mass is 9.98. The number of hydrogen-bond acceptors (Lipinski definition) is 3.